The molecule has 11 atom stereocenters. The molecule has 6 aliphatic rings. The maximum atomic E-state index is 14.4. The summed E-state index contributed by atoms with van der Waals surface area (Å²) in [6.45, 7) is 14.0. The number of urea groups is 2. The lowest BCUT2D eigenvalue weighted by Gasteiger charge is -2.33. The summed E-state index contributed by atoms with van der Waals surface area (Å²) in [5.74, 6) is -8.22. The quantitative estimate of drug-likeness (QED) is 0.0208. The van der Waals surface area contributed by atoms with E-state index in [9.17, 15) is 82.4 Å². The van der Waals surface area contributed by atoms with Crippen LogP contribution in [0.15, 0.2) is 0 Å². The zero-order chi connectivity index (χ0) is 81.4. The van der Waals surface area contributed by atoms with Crippen molar-refractivity contribution in [1.29, 1.82) is 0 Å². The molecule has 14 N–H and O–H groups in total. The van der Waals surface area contributed by atoms with Crippen LogP contribution >= 0.6 is 0 Å². The van der Waals surface area contributed by atoms with E-state index in [2.05, 4.69) is 47.9 Å². The Morgan fingerprint density at radius 2 is 0.730 bits per heavy atom. The second-order valence-corrected chi connectivity index (χ2v) is 33.8. The Kier molecular flexibility index (Phi) is 38.5. The van der Waals surface area contributed by atoms with E-state index in [1.165, 1.54) is 26.5 Å². The topological polar surface area (TPSA) is 509 Å². The van der Waals surface area contributed by atoms with Crippen molar-refractivity contribution in [3.05, 3.63) is 0 Å². The number of rotatable bonds is 46. The van der Waals surface area contributed by atoms with Crippen LogP contribution in [0, 0.1) is 0 Å². The Morgan fingerprint density at radius 1 is 0.405 bits per heavy atom. The van der Waals surface area contributed by atoms with Crippen LogP contribution in [0.5, 0.6) is 0 Å². The SMILES string of the molecule is CCO[Si](CCCNC(=O)NCCCC[C@H](NC(=O)CNC(=O)[C@@H]1CC(O)CN1C(=O)[C@@H]1CCCN1C(=O)CNC(=O)[C@@H]1CC(O)CN1C(=O)[C@@H]1CCCN1C(=O)CNC(=O)[C@@H]1CC(O)CN1C(=O)[C@@H]1CCCN1C(=O)[C@H](CCCCNC(=O)NCCC[Si](OCC)(OCC)OCC)NC(C)=O)C(N)=O)(OCC)OCC. The summed E-state index contributed by atoms with van der Waals surface area (Å²) in [6, 6.07) is -8.89. The number of carbonyl (C=O) groups is 14. The number of β-amino-alcohol motifs (C(OH)–C–C–N with tert-alkyl or cyclic N) is 3. The second kappa shape index (κ2) is 46.4. The molecule has 6 fully saturated rings. The van der Waals surface area contributed by atoms with E-state index in [1.807, 2.05) is 41.5 Å². The van der Waals surface area contributed by atoms with Crippen LogP contribution in [-0.2, 0) is 84.1 Å². The molecule has 0 spiro atoms. The van der Waals surface area contributed by atoms with Crippen molar-refractivity contribution in [1.82, 2.24) is 77.3 Å². The van der Waals surface area contributed by atoms with Gasteiger partial charge in [0.1, 0.15) is 48.3 Å². The lowest BCUT2D eigenvalue weighted by molar-refractivity contribution is -0.148. The summed E-state index contributed by atoms with van der Waals surface area (Å²) >= 11 is 0. The Hall–Kier alpha value is -7.75. The number of hydrogen-bond donors (Lipinski definition) is 13. The molecule has 41 heteroatoms. The van der Waals surface area contributed by atoms with Crippen molar-refractivity contribution in [2.24, 2.45) is 5.73 Å². The number of nitrogens with zero attached hydrogens (tertiary/aromatic N) is 6. The standard InChI is InChI=1S/C70H122N16O23Si2/c1-8-104-110(105-9-2,106-10-3)35-21-30-74-69(102)72-28-16-14-23-50(61(71)94)80-58(91)40-76-62(95)55-37-47(88)43-84(55)66(99)52-25-18-32-81(52)59(92)41-77-63(96)56-38-48(89)44-85(56)67(100)53-26-19-33-82(53)60(93)42-78-64(97)57-39-49(90)45-86(57)68(101)54-27-20-34-83(54)65(98)51(79-46(7)87)24-15-17-29-73-70(103)75-31-22-36-111(107-11-4,108-12-5)109-13-6/h47-57,88-90H,8-45H2,1-7H3,(H2,71,94)(H,76,95)(H,77,96)(H,78,97)(H,79,87)(H,80,91)(H2,72,74,102)(H2,73,75,103)/t47?,48?,49?,50-,51-,52-,53-,54-,55-,56-,57-/m0/s1. The molecule has 6 aliphatic heterocycles. The fraction of sp³-hybridized carbons (Fsp3) is 0.800. The maximum Gasteiger partial charge on any atom is 0.500 e. The molecule has 0 aliphatic carbocycles. The van der Waals surface area contributed by atoms with Crippen LogP contribution in [0.4, 0.5) is 9.59 Å². The molecule has 3 unspecified atom stereocenters. The van der Waals surface area contributed by atoms with Gasteiger partial charge < -0.3 is 125 Å². The Labute approximate surface area is 651 Å². The first kappa shape index (κ1) is 92.1. The highest BCUT2D eigenvalue weighted by atomic mass is 28.4. The van der Waals surface area contributed by atoms with Gasteiger partial charge in [0.15, 0.2) is 0 Å². The van der Waals surface area contributed by atoms with Crippen LogP contribution in [0.3, 0.4) is 0 Å². The van der Waals surface area contributed by atoms with Gasteiger partial charge in [-0.2, -0.15) is 0 Å². The Balaban J connectivity index is 0.926. The number of nitrogens with two attached hydrogens (primary N) is 1. The highest BCUT2D eigenvalue weighted by Crippen LogP contribution is 2.30. The van der Waals surface area contributed by atoms with Gasteiger partial charge in [-0.3, -0.25) is 57.5 Å². The number of likely N-dealkylation sites (tertiary alicyclic amines) is 6. The molecular weight excluding hydrogens is 1490 g/mol. The predicted octanol–water partition coefficient (Wildman–Crippen LogP) is -3.52. The van der Waals surface area contributed by atoms with E-state index in [1.54, 1.807) is 0 Å². The lowest BCUT2D eigenvalue weighted by Crippen LogP contribution is -2.57. The van der Waals surface area contributed by atoms with Crippen molar-refractivity contribution < 1.29 is 109 Å². The Morgan fingerprint density at radius 3 is 1.07 bits per heavy atom. The molecule has 6 saturated heterocycles. The normalized spacial score (nSPS) is 22.4. The van der Waals surface area contributed by atoms with E-state index in [0.717, 1.165) is 9.80 Å². The minimum absolute atomic E-state index is 0.0910. The van der Waals surface area contributed by atoms with Crippen molar-refractivity contribution in [3.63, 3.8) is 0 Å². The van der Waals surface area contributed by atoms with Gasteiger partial charge in [-0.1, -0.05) is 0 Å². The monoisotopic (exact) mass is 1610 g/mol. The van der Waals surface area contributed by atoms with Gasteiger partial charge in [-0.25, -0.2) is 9.59 Å². The van der Waals surface area contributed by atoms with Crippen molar-refractivity contribution in [2.45, 2.75) is 236 Å². The van der Waals surface area contributed by atoms with Gasteiger partial charge in [-0.15, -0.1) is 0 Å². The minimum atomic E-state index is -2.86. The number of carbonyl (C=O) groups excluding carboxylic acids is 14. The summed E-state index contributed by atoms with van der Waals surface area (Å²) < 4.78 is 35.2. The molecule has 16 amide bonds. The fourth-order valence-corrected chi connectivity index (χ4v) is 20.4. The molecule has 0 aromatic heterocycles. The van der Waals surface area contributed by atoms with Gasteiger partial charge in [0, 0.05) is 143 Å². The van der Waals surface area contributed by atoms with Gasteiger partial charge in [-0.05, 0) is 131 Å². The molecule has 6 heterocycles. The number of nitrogens with one attached hydrogen (secondary N) is 9. The first-order valence-corrected chi connectivity index (χ1v) is 43.4. The molecule has 0 radical (unpaired) electrons. The van der Waals surface area contributed by atoms with Crippen molar-refractivity contribution in [3.8, 4) is 0 Å². The molecule has 0 bridgehead atoms. The largest absolute Gasteiger partial charge is 0.500 e. The summed E-state index contributed by atoms with van der Waals surface area (Å²) in [7, 11) is -5.72. The zero-order valence-electron chi connectivity index (χ0n) is 65.5. The number of primary amides is 1. The van der Waals surface area contributed by atoms with Crippen LogP contribution in [0.2, 0.25) is 12.1 Å². The molecule has 6 rings (SSSR count). The van der Waals surface area contributed by atoms with E-state index in [0.29, 0.717) is 123 Å². The highest BCUT2D eigenvalue weighted by Gasteiger charge is 2.50. The second-order valence-electron chi connectivity index (χ2n) is 28.3. The molecule has 0 aromatic carbocycles. The van der Waals surface area contributed by atoms with E-state index in [-0.39, 0.29) is 110 Å². The molecule has 39 nitrogen and oxygen atoms in total. The number of aliphatic hydroxyl groups is 3. The van der Waals surface area contributed by atoms with Crippen LogP contribution in [-0.4, -0.2) is 337 Å². The van der Waals surface area contributed by atoms with Gasteiger partial charge in [0.2, 0.25) is 70.9 Å². The third-order valence-corrected chi connectivity index (χ3v) is 26.5. The zero-order valence-corrected chi connectivity index (χ0v) is 67.5. The molecule has 111 heavy (non-hydrogen) atoms. The van der Waals surface area contributed by atoms with Gasteiger partial charge >= 0.3 is 29.7 Å². The number of hydrogen-bond acceptors (Lipinski definition) is 23. The maximum absolute atomic E-state index is 14.4. The first-order chi connectivity index (χ1) is 53.1. The summed E-state index contributed by atoms with van der Waals surface area (Å²) in [4.78, 5) is 197. The smallest absolute Gasteiger partial charge is 0.391 e. The molecular formula is C70H122N16O23Si2. The van der Waals surface area contributed by atoms with E-state index in [4.69, 9.17) is 32.3 Å². The third-order valence-electron chi connectivity index (χ3n) is 20.2. The van der Waals surface area contributed by atoms with Gasteiger partial charge in [0.05, 0.1) is 37.9 Å². The molecule has 0 saturated carbocycles. The van der Waals surface area contributed by atoms with E-state index < -0.39 is 181 Å². The summed E-state index contributed by atoms with van der Waals surface area (Å²) in [5, 5.41) is 56.3. The van der Waals surface area contributed by atoms with Gasteiger partial charge in [0.25, 0.3) is 0 Å². The van der Waals surface area contributed by atoms with Crippen molar-refractivity contribution in [2.75, 3.05) is 125 Å². The molecule has 628 valence electrons. The lowest BCUT2D eigenvalue weighted by atomic mass is 10.1. The average Bonchev–Trinajstić information content (AvgIpc) is 1.67. The van der Waals surface area contributed by atoms with Crippen LogP contribution in [0.1, 0.15) is 158 Å². The average molecular weight is 1610 g/mol. The van der Waals surface area contributed by atoms with Crippen LogP contribution in [0.25, 0.3) is 0 Å². The predicted molar refractivity (Wildman–Crippen MR) is 401 cm³/mol. The van der Waals surface area contributed by atoms with Crippen molar-refractivity contribution >= 4 is 101 Å². The number of aliphatic hydroxyl groups excluding tert-OH is 3. The fourth-order valence-electron chi connectivity index (χ4n) is 15.2. The minimum Gasteiger partial charge on any atom is -0.391 e. The van der Waals surface area contributed by atoms with Crippen LogP contribution < -0.4 is 53.6 Å². The summed E-state index contributed by atoms with van der Waals surface area (Å²) in [5.41, 5.74) is 5.59. The first-order valence-electron chi connectivity index (χ1n) is 39.5. The van der Waals surface area contributed by atoms with E-state index >= 15 is 0 Å². The Bertz CT molecular complexity index is 3120. The molecule has 0 aromatic rings. The summed E-state index contributed by atoms with van der Waals surface area (Å²) in [6.07, 6.45) is 0.851. The third kappa shape index (κ3) is 27.5. The number of unbranched alkanes of at least 4 members (excludes halogenated alkanes) is 2. The highest BCUT2D eigenvalue weighted by molar-refractivity contribution is 6.61. The number of amides is 16.